The molecule has 0 fully saturated rings. The number of nitrogens with one attached hydrogen (secondary N) is 1. The van der Waals surface area contributed by atoms with Crippen LogP contribution in [0.2, 0.25) is 0 Å². The maximum absolute atomic E-state index is 12.9. The average Bonchev–Trinajstić information content (AvgIpc) is 2.53. The van der Waals surface area contributed by atoms with Crippen molar-refractivity contribution in [3.8, 4) is 5.88 Å². The minimum absolute atomic E-state index is 0.0107. The Balaban J connectivity index is 2.26. The van der Waals surface area contributed by atoms with Gasteiger partial charge in [-0.2, -0.15) is 18.2 Å². The first-order valence-corrected chi connectivity index (χ1v) is 6.86. The quantitative estimate of drug-likeness (QED) is 0.656. The molecule has 0 atom stereocenters. The number of amides is 1. The molecule has 1 heterocycles. The molecule has 0 radical (unpaired) electrons. The highest BCUT2D eigenvalue weighted by molar-refractivity contribution is 5.93. The SMILES string of the molecule is COc1ccc([N+](=O)[O-])c(NC(=O)Cc2ccccc2C(F)(F)F)n1. The van der Waals surface area contributed by atoms with Gasteiger partial charge >= 0.3 is 11.9 Å². The summed E-state index contributed by atoms with van der Waals surface area (Å²) in [4.78, 5) is 26.0. The zero-order chi connectivity index (χ0) is 18.6. The Hall–Kier alpha value is -3.17. The number of nitro groups is 1. The van der Waals surface area contributed by atoms with Crippen molar-refractivity contribution in [3.05, 3.63) is 57.6 Å². The largest absolute Gasteiger partial charge is 0.481 e. The molecular formula is C15H12F3N3O4. The highest BCUT2D eigenvalue weighted by atomic mass is 19.4. The summed E-state index contributed by atoms with van der Waals surface area (Å²) in [5.41, 5.74) is -1.70. The van der Waals surface area contributed by atoms with E-state index in [0.29, 0.717) is 0 Å². The van der Waals surface area contributed by atoms with E-state index in [1.165, 1.54) is 25.3 Å². The van der Waals surface area contributed by atoms with Crippen LogP contribution in [0.25, 0.3) is 0 Å². The van der Waals surface area contributed by atoms with E-state index in [4.69, 9.17) is 4.74 Å². The van der Waals surface area contributed by atoms with Gasteiger partial charge in [0.1, 0.15) is 0 Å². The van der Waals surface area contributed by atoms with Crippen molar-refractivity contribution in [2.24, 2.45) is 0 Å². The van der Waals surface area contributed by atoms with Crippen molar-refractivity contribution >= 4 is 17.4 Å². The van der Waals surface area contributed by atoms with E-state index in [-0.39, 0.29) is 11.4 Å². The average molecular weight is 355 g/mol. The second-order valence-electron chi connectivity index (χ2n) is 4.86. The van der Waals surface area contributed by atoms with Crippen molar-refractivity contribution in [2.45, 2.75) is 12.6 Å². The van der Waals surface area contributed by atoms with E-state index in [0.717, 1.165) is 18.2 Å². The first-order chi connectivity index (χ1) is 11.7. The number of hydrogen-bond donors (Lipinski definition) is 1. The third kappa shape index (κ3) is 4.43. The molecule has 2 aromatic rings. The Labute approximate surface area is 139 Å². The minimum atomic E-state index is -4.61. The van der Waals surface area contributed by atoms with E-state index in [2.05, 4.69) is 10.3 Å². The lowest BCUT2D eigenvalue weighted by Crippen LogP contribution is -2.19. The molecule has 0 saturated carbocycles. The van der Waals surface area contributed by atoms with Crippen molar-refractivity contribution in [2.75, 3.05) is 12.4 Å². The first kappa shape index (κ1) is 18.2. The molecule has 0 spiro atoms. The molecule has 25 heavy (non-hydrogen) atoms. The van der Waals surface area contributed by atoms with Crippen LogP contribution in [0.4, 0.5) is 24.7 Å². The number of benzene rings is 1. The lowest BCUT2D eigenvalue weighted by Gasteiger charge is -2.12. The Morgan fingerprint density at radius 2 is 1.96 bits per heavy atom. The zero-order valence-electron chi connectivity index (χ0n) is 12.8. The van der Waals surface area contributed by atoms with Crippen LogP contribution in [0.1, 0.15) is 11.1 Å². The van der Waals surface area contributed by atoms with Gasteiger partial charge in [0.25, 0.3) is 0 Å². The van der Waals surface area contributed by atoms with E-state index in [1.807, 2.05) is 0 Å². The second kappa shape index (κ2) is 7.16. The van der Waals surface area contributed by atoms with Crippen LogP contribution in [0.3, 0.4) is 0 Å². The molecule has 0 aliphatic carbocycles. The summed E-state index contributed by atoms with van der Waals surface area (Å²) in [5.74, 6) is -1.27. The van der Waals surface area contributed by atoms with Gasteiger partial charge in [-0.15, -0.1) is 0 Å². The van der Waals surface area contributed by atoms with Crippen molar-refractivity contribution < 1.29 is 27.6 Å². The lowest BCUT2D eigenvalue weighted by atomic mass is 10.0. The Kier molecular flexibility index (Phi) is 5.20. The number of carbonyl (C=O) groups excluding carboxylic acids is 1. The monoisotopic (exact) mass is 355 g/mol. The highest BCUT2D eigenvalue weighted by Gasteiger charge is 2.33. The molecule has 0 aliphatic heterocycles. The van der Waals surface area contributed by atoms with Gasteiger partial charge in [-0.1, -0.05) is 18.2 Å². The van der Waals surface area contributed by atoms with Crippen molar-refractivity contribution in [1.82, 2.24) is 4.98 Å². The number of rotatable bonds is 5. The van der Waals surface area contributed by atoms with E-state index in [9.17, 15) is 28.1 Å². The van der Waals surface area contributed by atoms with Crippen LogP contribution in [0, 0.1) is 10.1 Å². The number of aromatic nitrogens is 1. The maximum atomic E-state index is 12.9. The number of halogens is 3. The van der Waals surface area contributed by atoms with Crippen molar-refractivity contribution in [3.63, 3.8) is 0 Å². The van der Waals surface area contributed by atoms with Gasteiger partial charge in [-0.05, 0) is 11.6 Å². The molecule has 7 nitrogen and oxygen atoms in total. The number of carbonyl (C=O) groups is 1. The van der Waals surface area contributed by atoms with Crippen LogP contribution in [0.15, 0.2) is 36.4 Å². The van der Waals surface area contributed by atoms with Gasteiger partial charge < -0.3 is 10.1 Å². The summed E-state index contributed by atoms with van der Waals surface area (Å²) in [7, 11) is 1.28. The van der Waals surface area contributed by atoms with Crippen LogP contribution in [-0.2, 0) is 17.4 Å². The third-order valence-electron chi connectivity index (χ3n) is 3.19. The standard InChI is InChI=1S/C15H12F3N3O4/c1-25-13-7-6-11(21(23)24)14(20-13)19-12(22)8-9-4-2-3-5-10(9)15(16,17)18/h2-7H,8H2,1H3,(H,19,20,22). The fourth-order valence-electron chi connectivity index (χ4n) is 2.09. The van der Waals surface area contributed by atoms with E-state index in [1.54, 1.807) is 0 Å². The summed E-state index contributed by atoms with van der Waals surface area (Å²) in [6, 6.07) is 6.89. The number of ether oxygens (including phenoxy) is 1. The van der Waals surface area contributed by atoms with Gasteiger partial charge in [0.2, 0.25) is 17.6 Å². The summed E-state index contributed by atoms with van der Waals surface area (Å²) in [5, 5.41) is 13.1. The normalized spacial score (nSPS) is 11.0. The van der Waals surface area contributed by atoms with Crippen LogP contribution >= 0.6 is 0 Å². The number of nitrogens with zero attached hydrogens (tertiary/aromatic N) is 2. The zero-order valence-corrected chi connectivity index (χ0v) is 12.8. The minimum Gasteiger partial charge on any atom is -0.481 e. The lowest BCUT2D eigenvalue weighted by molar-refractivity contribution is -0.384. The summed E-state index contributed by atoms with van der Waals surface area (Å²) in [6.07, 6.45) is -5.23. The predicted molar refractivity (Wildman–Crippen MR) is 81.2 cm³/mol. The molecule has 0 aliphatic rings. The highest BCUT2D eigenvalue weighted by Crippen LogP contribution is 2.32. The van der Waals surface area contributed by atoms with Crippen molar-refractivity contribution in [1.29, 1.82) is 0 Å². The molecule has 1 N–H and O–H groups in total. The van der Waals surface area contributed by atoms with Gasteiger partial charge in [-0.25, -0.2) is 0 Å². The third-order valence-corrected chi connectivity index (χ3v) is 3.19. The van der Waals surface area contributed by atoms with E-state index >= 15 is 0 Å². The molecule has 1 aromatic heterocycles. The molecule has 0 unspecified atom stereocenters. The molecule has 1 amide bonds. The molecule has 0 bridgehead atoms. The smallest absolute Gasteiger partial charge is 0.416 e. The predicted octanol–water partition coefficient (Wildman–Crippen LogP) is 3.20. The Morgan fingerprint density at radius 3 is 2.56 bits per heavy atom. The summed E-state index contributed by atoms with van der Waals surface area (Å²) < 4.78 is 43.7. The second-order valence-corrected chi connectivity index (χ2v) is 4.86. The fourth-order valence-corrected chi connectivity index (χ4v) is 2.09. The number of methoxy groups -OCH3 is 1. The molecule has 2 rings (SSSR count). The number of alkyl halides is 3. The topological polar surface area (TPSA) is 94.4 Å². The first-order valence-electron chi connectivity index (χ1n) is 6.86. The number of anilines is 1. The molecule has 1 aromatic carbocycles. The van der Waals surface area contributed by atoms with Gasteiger partial charge in [0.05, 0.1) is 24.0 Å². The van der Waals surface area contributed by atoms with E-state index < -0.39 is 40.5 Å². The molecule has 132 valence electrons. The Morgan fingerprint density at radius 1 is 1.28 bits per heavy atom. The fraction of sp³-hybridized carbons (Fsp3) is 0.200. The van der Waals surface area contributed by atoms with Gasteiger partial charge in [0, 0.05) is 12.1 Å². The van der Waals surface area contributed by atoms with Crippen LogP contribution < -0.4 is 10.1 Å². The van der Waals surface area contributed by atoms with Crippen LogP contribution in [0.5, 0.6) is 5.88 Å². The number of pyridine rings is 1. The molecular weight excluding hydrogens is 343 g/mol. The molecule has 10 heteroatoms. The maximum Gasteiger partial charge on any atom is 0.416 e. The van der Waals surface area contributed by atoms with Crippen LogP contribution in [-0.4, -0.2) is 22.9 Å². The summed E-state index contributed by atoms with van der Waals surface area (Å²) in [6.45, 7) is 0. The molecule has 0 saturated heterocycles. The van der Waals surface area contributed by atoms with Gasteiger partial charge in [0.15, 0.2) is 0 Å². The van der Waals surface area contributed by atoms with Gasteiger partial charge in [-0.3, -0.25) is 14.9 Å². The Bertz CT molecular complexity index is 809. The summed E-state index contributed by atoms with van der Waals surface area (Å²) >= 11 is 0. The number of hydrogen-bond acceptors (Lipinski definition) is 5.